The minimum atomic E-state index is -0.709. The first-order chi connectivity index (χ1) is 8.99. The molecule has 0 heterocycles. The predicted molar refractivity (Wildman–Crippen MR) is 73.5 cm³/mol. The number of rotatable bonds is 5. The van der Waals surface area contributed by atoms with Crippen molar-refractivity contribution in [3.05, 3.63) is 29.3 Å². The lowest BCUT2D eigenvalue weighted by atomic mass is 9.64. The molecule has 0 bridgehead atoms. The summed E-state index contributed by atoms with van der Waals surface area (Å²) in [6.45, 7) is 0.743. The van der Waals surface area contributed by atoms with Crippen LogP contribution in [0.25, 0.3) is 0 Å². The van der Waals surface area contributed by atoms with Crippen LogP contribution in [0.4, 0.5) is 0 Å². The van der Waals surface area contributed by atoms with Crippen molar-refractivity contribution in [2.24, 2.45) is 0 Å². The van der Waals surface area contributed by atoms with E-state index in [1.54, 1.807) is 7.11 Å². The number of nitrogens with zero attached hydrogens (tertiary/aromatic N) is 1. The Labute approximate surface area is 114 Å². The summed E-state index contributed by atoms with van der Waals surface area (Å²) < 4.78 is 5.35. The third kappa shape index (κ3) is 2.45. The number of hydrogen-bond acceptors (Lipinski definition) is 3. The average molecular weight is 263 g/mol. The number of aliphatic carboxylic acids is 1. The van der Waals surface area contributed by atoms with Gasteiger partial charge in [0.05, 0.1) is 12.5 Å². The molecule has 19 heavy (non-hydrogen) atoms. The van der Waals surface area contributed by atoms with Crippen molar-refractivity contribution in [2.75, 3.05) is 21.2 Å². The molecule has 4 nitrogen and oxygen atoms in total. The molecule has 2 rings (SSSR count). The second-order valence-corrected chi connectivity index (χ2v) is 5.51. The van der Waals surface area contributed by atoms with Crippen LogP contribution in [0, 0.1) is 0 Å². The van der Waals surface area contributed by atoms with Gasteiger partial charge < -0.3 is 14.7 Å². The Morgan fingerprint density at radius 3 is 2.53 bits per heavy atom. The van der Waals surface area contributed by atoms with E-state index in [9.17, 15) is 9.90 Å². The molecule has 1 saturated carbocycles. The number of benzene rings is 1. The van der Waals surface area contributed by atoms with Gasteiger partial charge in [0, 0.05) is 12.1 Å². The summed E-state index contributed by atoms with van der Waals surface area (Å²) >= 11 is 0. The van der Waals surface area contributed by atoms with Gasteiger partial charge in [-0.25, -0.2) is 0 Å². The lowest BCUT2D eigenvalue weighted by Crippen LogP contribution is -2.42. The molecule has 0 atom stereocenters. The summed E-state index contributed by atoms with van der Waals surface area (Å²) in [7, 11) is 5.62. The van der Waals surface area contributed by atoms with Crippen LogP contribution in [0.3, 0.4) is 0 Å². The SMILES string of the molecule is COc1ccc(C2(C(=O)O)CCC2)cc1CN(C)C. The summed E-state index contributed by atoms with van der Waals surface area (Å²) in [5.74, 6) is 0.108. The second-order valence-electron chi connectivity index (χ2n) is 5.51. The fraction of sp³-hybridized carbons (Fsp3) is 0.533. The van der Waals surface area contributed by atoms with Gasteiger partial charge in [0.25, 0.3) is 0 Å². The van der Waals surface area contributed by atoms with Gasteiger partial charge in [-0.3, -0.25) is 4.79 Å². The maximum Gasteiger partial charge on any atom is 0.314 e. The molecule has 0 radical (unpaired) electrons. The van der Waals surface area contributed by atoms with Crippen molar-refractivity contribution in [3.8, 4) is 5.75 Å². The van der Waals surface area contributed by atoms with E-state index in [1.807, 2.05) is 32.3 Å². The zero-order valence-corrected chi connectivity index (χ0v) is 11.8. The first-order valence-electron chi connectivity index (χ1n) is 6.55. The van der Waals surface area contributed by atoms with Crippen molar-refractivity contribution >= 4 is 5.97 Å². The van der Waals surface area contributed by atoms with Gasteiger partial charge in [-0.2, -0.15) is 0 Å². The molecule has 1 aliphatic carbocycles. The Morgan fingerprint density at radius 2 is 2.11 bits per heavy atom. The molecule has 0 amide bonds. The van der Waals surface area contributed by atoms with Gasteiger partial charge >= 0.3 is 5.97 Å². The van der Waals surface area contributed by atoms with Crippen LogP contribution in [-0.2, 0) is 16.8 Å². The molecule has 0 aliphatic heterocycles. The molecule has 1 aliphatic rings. The van der Waals surface area contributed by atoms with Gasteiger partial charge in [-0.15, -0.1) is 0 Å². The van der Waals surface area contributed by atoms with E-state index in [0.717, 1.165) is 42.7 Å². The van der Waals surface area contributed by atoms with E-state index in [2.05, 4.69) is 4.90 Å². The first-order valence-corrected chi connectivity index (χ1v) is 6.55. The van der Waals surface area contributed by atoms with Crippen molar-refractivity contribution in [3.63, 3.8) is 0 Å². The number of ether oxygens (including phenoxy) is 1. The van der Waals surface area contributed by atoms with Crippen LogP contribution in [0.5, 0.6) is 5.75 Å². The van der Waals surface area contributed by atoms with Crippen LogP contribution in [-0.4, -0.2) is 37.2 Å². The van der Waals surface area contributed by atoms with Crippen LogP contribution < -0.4 is 4.74 Å². The highest BCUT2D eigenvalue weighted by molar-refractivity contribution is 5.82. The van der Waals surface area contributed by atoms with Crippen LogP contribution in [0.1, 0.15) is 30.4 Å². The summed E-state index contributed by atoms with van der Waals surface area (Å²) in [6, 6.07) is 5.77. The van der Waals surface area contributed by atoms with Crippen LogP contribution in [0.15, 0.2) is 18.2 Å². The van der Waals surface area contributed by atoms with E-state index in [4.69, 9.17) is 4.74 Å². The molecule has 0 saturated heterocycles. The van der Waals surface area contributed by atoms with Crippen molar-refractivity contribution < 1.29 is 14.6 Å². The van der Waals surface area contributed by atoms with Gasteiger partial charge in [0.2, 0.25) is 0 Å². The Balaban J connectivity index is 2.39. The van der Waals surface area contributed by atoms with Gasteiger partial charge in [-0.05, 0) is 44.6 Å². The number of carboxylic acids is 1. The molecule has 1 aromatic carbocycles. The first kappa shape index (κ1) is 13.9. The quantitative estimate of drug-likeness (QED) is 0.885. The Morgan fingerprint density at radius 1 is 1.42 bits per heavy atom. The molecule has 1 fully saturated rings. The van der Waals surface area contributed by atoms with Gasteiger partial charge in [0.15, 0.2) is 0 Å². The minimum absolute atomic E-state index is 0.673. The molecule has 1 aromatic rings. The zero-order chi connectivity index (χ0) is 14.0. The smallest absolute Gasteiger partial charge is 0.314 e. The maximum absolute atomic E-state index is 11.6. The average Bonchev–Trinajstić information content (AvgIpc) is 2.26. The molecule has 4 heteroatoms. The molecule has 0 spiro atoms. The predicted octanol–water partition coefficient (Wildman–Crippen LogP) is 2.26. The molecule has 0 aromatic heterocycles. The van der Waals surface area contributed by atoms with E-state index in [1.165, 1.54) is 0 Å². The largest absolute Gasteiger partial charge is 0.496 e. The lowest BCUT2D eigenvalue weighted by molar-refractivity contribution is -0.147. The van der Waals surface area contributed by atoms with Gasteiger partial charge in [-0.1, -0.05) is 12.5 Å². The third-order valence-corrected chi connectivity index (χ3v) is 3.94. The molecule has 0 unspecified atom stereocenters. The highest BCUT2D eigenvalue weighted by atomic mass is 16.5. The third-order valence-electron chi connectivity index (χ3n) is 3.94. The summed E-state index contributed by atoms with van der Waals surface area (Å²) in [4.78, 5) is 13.6. The minimum Gasteiger partial charge on any atom is -0.496 e. The maximum atomic E-state index is 11.6. The number of carbonyl (C=O) groups is 1. The fourth-order valence-electron chi connectivity index (χ4n) is 2.70. The highest BCUT2D eigenvalue weighted by Gasteiger charge is 2.46. The van der Waals surface area contributed by atoms with Crippen molar-refractivity contribution in [1.82, 2.24) is 4.90 Å². The fourth-order valence-corrected chi connectivity index (χ4v) is 2.70. The van der Waals surface area contributed by atoms with E-state index in [0.29, 0.717) is 0 Å². The molecule has 1 N–H and O–H groups in total. The normalized spacial score (nSPS) is 17.1. The standard InChI is InChI=1S/C15H21NO3/c1-16(2)10-11-9-12(5-6-13(11)19-3)15(14(17)18)7-4-8-15/h5-6,9H,4,7-8,10H2,1-3H3,(H,17,18). The van der Waals surface area contributed by atoms with Crippen molar-refractivity contribution in [2.45, 2.75) is 31.2 Å². The number of hydrogen-bond donors (Lipinski definition) is 1. The monoisotopic (exact) mass is 263 g/mol. The van der Waals surface area contributed by atoms with Gasteiger partial charge in [0.1, 0.15) is 5.75 Å². The lowest BCUT2D eigenvalue weighted by Gasteiger charge is -2.38. The summed E-state index contributed by atoms with van der Waals surface area (Å²) in [6.07, 6.45) is 2.45. The summed E-state index contributed by atoms with van der Waals surface area (Å²) in [5, 5.41) is 9.49. The van der Waals surface area contributed by atoms with E-state index >= 15 is 0 Å². The molecule has 104 valence electrons. The number of methoxy groups -OCH3 is 1. The second kappa shape index (κ2) is 5.21. The van der Waals surface area contributed by atoms with Crippen LogP contribution in [0.2, 0.25) is 0 Å². The molecular formula is C15H21NO3. The Kier molecular flexibility index (Phi) is 3.80. The topological polar surface area (TPSA) is 49.8 Å². The van der Waals surface area contributed by atoms with Crippen LogP contribution >= 0.6 is 0 Å². The molecular weight excluding hydrogens is 242 g/mol. The zero-order valence-electron chi connectivity index (χ0n) is 11.8. The highest BCUT2D eigenvalue weighted by Crippen LogP contribution is 2.45. The Bertz CT molecular complexity index is 478. The van der Waals surface area contributed by atoms with E-state index in [-0.39, 0.29) is 0 Å². The summed E-state index contributed by atoms with van der Waals surface area (Å²) in [5.41, 5.74) is 1.27. The van der Waals surface area contributed by atoms with Crippen molar-refractivity contribution in [1.29, 1.82) is 0 Å². The number of carboxylic acid groups (broad SMARTS) is 1. The van der Waals surface area contributed by atoms with E-state index < -0.39 is 11.4 Å². The Hall–Kier alpha value is -1.55.